The lowest BCUT2D eigenvalue weighted by Crippen LogP contribution is -1.94. The molecule has 1 N–H and O–H groups in total. The Bertz CT molecular complexity index is 564. The molecule has 0 radical (unpaired) electrons. The number of aromatic carboxylic acids is 1. The van der Waals surface area contributed by atoms with E-state index in [1.807, 2.05) is 0 Å². The van der Waals surface area contributed by atoms with Gasteiger partial charge in [0.2, 0.25) is 0 Å². The van der Waals surface area contributed by atoms with Gasteiger partial charge in [0.15, 0.2) is 11.5 Å². The Morgan fingerprint density at radius 2 is 2.29 bits per heavy atom. The molecule has 1 aromatic heterocycles. The number of ether oxygens (including phenoxy) is 1. The van der Waals surface area contributed by atoms with Crippen molar-refractivity contribution in [3.8, 4) is 17.1 Å². The third-order valence-corrected chi connectivity index (χ3v) is 3.00. The zero-order valence-corrected chi connectivity index (χ0v) is 10.4. The van der Waals surface area contributed by atoms with Crippen LogP contribution in [-0.2, 0) is 0 Å². The minimum Gasteiger partial charge on any atom is -0.496 e. The summed E-state index contributed by atoms with van der Waals surface area (Å²) < 4.78 is 10.8. The number of benzene rings is 1. The average molecular weight is 298 g/mol. The number of carbonyl (C=O) groups is 1. The molecule has 17 heavy (non-hydrogen) atoms. The standard InChI is InChI=1S/C11H8BrNO4/c1-16-8-4-2-3-6(10(8)12)9-5-7(11(14)15)13-17-9/h2-5H,1H3,(H,14,15). The van der Waals surface area contributed by atoms with Crippen molar-refractivity contribution in [1.82, 2.24) is 5.16 Å². The van der Waals surface area contributed by atoms with Crippen LogP contribution in [0.5, 0.6) is 5.75 Å². The summed E-state index contributed by atoms with van der Waals surface area (Å²) in [6, 6.07) is 6.70. The van der Waals surface area contributed by atoms with Gasteiger partial charge in [-0.3, -0.25) is 0 Å². The highest BCUT2D eigenvalue weighted by Crippen LogP contribution is 2.35. The van der Waals surface area contributed by atoms with Crippen LogP contribution in [0.4, 0.5) is 0 Å². The predicted octanol–water partition coefficient (Wildman–Crippen LogP) is 2.81. The lowest BCUT2D eigenvalue weighted by Gasteiger charge is -2.05. The topological polar surface area (TPSA) is 72.6 Å². The van der Waals surface area contributed by atoms with Crippen molar-refractivity contribution in [1.29, 1.82) is 0 Å². The van der Waals surface area contributed by atoms with Gasteiger partial charge in [0.1, 0.15) is 5.75 Å². The van der Waals surface area contributed by atoms with Gasteiger partial charge in [-0.2, -0.15) is 0 Å². The molecule has 0 aliphatic heterocycles. The molecule has 0 amide bonds. The normalized spacial score (nSPS) is 10.2. The quantitative estimate of drug-likeness (QED) is 0.943. The number of carboxylic acids is 1. The molecule has 1 heterocycles. The van der Waals surface area contributed by atoms with E-state index < -0.39 is 5.97 Å². The molecular formula is C11H8BrNO4. The summed E-state index contributed by atoms with van der Waals surface area (Å²) in [4.78, 5) is 10.7. The van der Waals surface area contributed by atoms with Crippen molar-refractivity contribution in [2.24, 2.45) is 0 Å². The van der Waals surface area contributed by atoms with E-state index in [2.05, 4.69) is 21.1 Å². The monoisotopic (exact) mass is 297 g/mol. The van der Waals surface area contributed by atoms with E-state index in [0.29, 0.717) is 21.5 Å². The first-order valence-electron chi connectivity index (χ1n) is 4.66. The van der Waals surface area contributed by atoms with Crippen LogP contribution in [-0.4, -0.2) is 23.3 Å². The molecule has 0 saturated heterocycles. The van der Waals surface area contributed by atoms with Crippen LogP contribution in [0.15, 0.2) is 33.3 Å². The van der Waals surface area contributed by atoms with Crippen LogP contribution in [0.1, 0.15) is 10.5 Å². The van der Waals surface area contributed by atoms with Crippen molar-refractivity contribution >= 4 is 21.9 Å². The fourth-order valence-corrected chi connectivity index (χ4v) is 1.98. The second kappa shape index (κ2) is 4.58. The predicted molar refractivity (Wildman–Crippen MR) is 63.2 cm³/mol. The van der Waals surface area contributed by atoms with Crippen LogP contribution < -0.4 is 4.74 Å². The van der Waals surface area contributed by atoms with Crippen molar-refractivity contribution in [2.45, 2.75) is 0 Å². The summed E-state index contributed by atoms with van der Waals surface area (Å²) in [5.74, 6) is -0.122. The SMILES string of the molecule is COc1cccc(-c2cc(C(=O)O)no2)c1Br. The highest BCUT2D eigenvalue weighted by Gasteiger charge is 2.15. The van der Waals surface area contributed by atoms with Crippen molar-refractivity contribution < 1.29 is 19.2 Å². The Morgan fingerprint density at radius 1 is 1.53 bits per heavy atom. The first-order chi connectivity index (χ1) is 8.13. The maximum atomic E-state index is 10.7. The van der Waals surface area contributed by atoms with Crippen molar-refractivity contribution in [3.63, 3.8) is 0 Å². The molecule has 0 bridgehead atoms. The molecule has 2 aromatic rings. The number of nitrogens with zero attached hydrogens (tertiary/aromatic N) is 1. The van der Waals surface area contributed by atoms with Gasteiger partial charge in [-0.25, -0.2) is 4.79 Å². The Kier molecular flexibility index (Phi) is 3.14. The Hall–Kier alpha value is -1.82. The van der Waals surface area contributed by atoms with Crippen molar-refractivity contribution in [3.05, 3.63) is 34.4 Å². The highest BCUT2D eigenvalue weighted by atomic mass is 79.9. The zero-order chi connectivity index (χ0) is 12.4. The number of halogens is 1. The number of methoxy groups -OCH3 is 1. The largest absolute Gasteiger partial charge is 0.496 e. The molecule has 0 unspecified atom stereocenters. The first-order valence-corrected chi connectivity index (χ1v) is 5.45. The summed E-state index contributed by atoms with van der Waals surface area (Å²) in [6.07, 6.45) is 0. The van der Waals surface area contributed by atoms with Crippen LogP contribution in [0.2, 0.25) is 0 Å². The smallest absolute Gasteiger partial charge is 0.358 e. The van der Waals surface area contributed by atoms with E-state index in [-0.39, 0.29) is 5.69 Å². The summed E-state index contributed by atoms with van der Waals surface area (Å²) in [5.41, 5.74) is 0.555. The van der Waals surface area contributed by atoms with E-state index in [4.69, 9.17) is 14.4 Å². The molecular weight excluding hydrogens is 290 g/mol. The molecule has 0 aliphatic rings. The fraction of sp³-hybridized carbons (Fsp3) is 0.0909. The summed E-state index contributed by atoms with van der Waals surface area (Å²) in [7, 11) is 1.55. The summed E-state index contributed by atoms with van der Waals surface area (Å²) in [6.45, 7) is 0. The number of hydrogen-bond donors (Lipinski definition) is 1. The third-order valence-electron chi connectivity index (χ3n) is 2.18. The molecule has 0 saturated carbocycles. The Balaban J connectivity index is 2.49. The van der Waals surface area contributed by atoms with E-state index in [1.54, 1.807) is 25.3 Å². The Morgan fingerprint density at radius 3 is 2.88 bits per heavy atom. The van der Waals surface area contributed by atoms with E-state index >= 15 is 0 Å². The number of rotatable bonds is 3. The van der Waals surface area contributed by atoms with Gasteiger partial charge >= 0.3 is 5.97 Å². The number of hydrogen-bond acceptors (Lipinski definition) is 4. The van der Waals surface area contributed by atoms with E-state index in [9.17, 15) is 4.79 Å². The molecule has 2 rings (SSSR count). The molecule has 0 spiro atoms. The fourth-order valence-electron chi connectivity index (χ4n) is 1.36. The Labute approximate surface area is 105 Å². The van der Waals surface area contributed by atoms with Crippen LogP contribution >= 0.6 is 15.9 Å². The van der Waals surface area contributed by atoms with Crippen LogP contribution in [0, 0.1) is 0 Å². The lowest BCUT2D eigenvalue weighted by atomic mass is 10.1. The zero-order valence-electron chi connectivity index (χ0n) is 8.81. The first kappa shape index (κ1) is 11.7. The molecule has 0 fully saturated rings. The van der Waals surface area contributed by atoms with Gasteiger partial charge in [0, 0.05) is 11.6 Å². The van der Waals surface area contributed by atoms with Gasteiger partial charge in [0.05, 0.1) is 11.6 Å². The van der Waals surface area contributed by atoms with Crippen molar-refractivity contribution in [2.75, 3.05) is 7.11 Å². The maximum Gasteiger partial charge on any atom is 0.358 e. The minimum absolute atomic E-state index is 0.130. The number of aromatic nitrogens is 1. The molecule has 6 heteroatoms. The maximum absolute atomic E-state index is 10.7. The minimum atomic E-state index is -1.13. The number of carboxylic acid groups (broad SMARTS) is 1. The third kappa shape index (κ3) is 2.16. The average Bonchev–Trinajstić information content (AvgIpc) is 2.78. The van der Waals surface area contributed by atoms with Gasteiger partial charge in [0.25, 0.3) is 0 Å². The second-order valence-corrected chi connectivity index (χ2v) is 4.00. The van der Waals surface area contributed by atoms with Gasteiger partial charge in [-0.15, -0.1) is 0 Å². The van der Waals surface area contributed by atoms with Crippen LogP contribution in [0.3, 0.4) is 0 Å². The lowest BCUT2D eigenvalue weighted by molar-refractivity contribution is 0.0686. The van der Waals surface area contributed by atoms with E-state index in [0.717, 1.165) is 0 Å². The second-order valence-electron chi connectivity index (χ2n) is 3.20. The molecule has 5 nitrogen and oxygen atoms in total. The molecule has 1 aromatic carbocycles. The van der Waals surface area contributed by atoms with Gasteiger partial charge in [-0.05, 0) is 28.1 Å². The van der Waals surface area contributed by atoms with Gasteiger partial charge < -0.3 is 14.4 Å². The van der Waals surface area contributed by atoms with Crippen LogP contribution in [0.25, 0.3) is 11.3 Å². The highest BCUT2D eigenvalue weighted by molar-refractivity contribution is 9.10. The molecule has 0 atom stereocenters. The molecule has 0 aliphatic carbocycles. The van der Waals surface area contributed by atoms with E-state index in [1.165, 1.54) is 6.07 Å². The van der Waals surface area contributed by atoms with Gasteiger partial charge in [-0.1, -0.05) is 11.2 Å². The summed E-state index contributed by atoms with van der Waals surface area (Å²) >= 11 is 3.36. The molecule has 88 valence electrons. The summed E-state index contributed by atoms with van der Waals surface area (Å²) in [5, 5.41) is 12.2.